The number of hydrogen-bond acceptors (Lipinski definition) is 5. The molecule has 4 rings (SSSR count). The molecule has 1 aromatic heterocycles. The van der Waals surface area contributed by atoms with Crippen molar-refractivity contribution in [2.75, 3.05) is 31.1 Å². The van der Waals surface area contributed by atoms with Crippen molar-refractivity contribution in [1.29, 1.82) is 0 Å². The van der Waals surface area contributed by atoms with Gasteiger partial charge in [-0.05, 0) is 49.6 Å². The van der Waals surface area contributed by atoms with Crippen LogP contribution in [0.5, 0.6) is 0 Å². The van der Waals surface area contributed by atoms with E-state index in [1.807, 2.05) is 38.1 Å². The molecule has 0 atom stereocenters. The van der Waals surface area contributed by atoms with Gasteiger partial charge in [0.15, 0.2) is 5.82 Å². The first-order valence-corrected chi connectivity index (χ1v) is 12.1. The van der Waals surface area contributed by atoms with E-state index >= 15 is 0 Å². The number of aryl methyl sites for hydroxylation is 3. The van der Waals surface area contributed by atoms with Crippen molar-refractivity contribution in [2.24, 2.45) is 0 Å². The second kappa shape index (κ2) is 8.77. The fraction of sp³-hybridized carbons (Fsp3) is 0.333. The van der Waals surface area contributed by atoms with E-state index in [4.69, 9.17) is 0 Å². The minimum atomic E-state index is -3.49. The van der Waals surface area contributed by atoms with Gasteiger partial charge in [-0.25, -0.2) is 8.42 Å². The van der Waals surface area contributed by atoms with Crippen LogP contribution >= 0.6 is 0 Å². The van der Waals surface area contributed by atoms with Crippen molar-refractivity contribution in [3.63, 3.8) is 0 Å². The van der Waals surface area contributed by atoms with Gasteiger partial charge in [0.2, 0.25) is 10.0 Å². The van der Waals surface area contributed by atoms with E-state index in [0.717, 1.165) is 34.6 Å². The summed E-state index contributed by atoms with van der Waals surface area (Å²) in [6.45, 7) is 7.98. The zero-order chi connectivity index (χ0) is 22.0. The zero-order valence-corrected chi connectivity index (χ0v) is 19.1. The summed E-state index contributed by atoms with van der Waals surface area (Å²) in [6.07, 6.45) is 1.01. The number of piperazine rings is 1. The van der Waals surface area contributed by atoms with Gasteiger partial charge >= 0.3 is 0 Å². The Hall–Kier alpha value is -2.77. The Morgan fingerprint density at radius 2 is 1.58 bits per heavy atom. The average molecular weight is 437 g/mol. The Morgan fingerprint density at radius 1 is 0.871 bits per heavy atom. The van der Waals surface area contributed by atoms with Gasteiger partial charge in [0.25, 0.3) is 0 Å². The lowest BCUT2D eigenvalue weighted by molar-refractivity contribution is 0.383. The van der Waals surface area contributed by atoms with Gasteiger partial charge in [-0.1, -0.05) is 48.9 Å². The highest BCUT2D eigenvalue weighted by atomic mass is 32.2. The highest BCUT2D eigenvalue weighted by Crippen LogP contribution is 2.24. The van der Waals surface area contributed by atoms with Gasteiger partial charge in [0, 0.05) is 31.7 Å². The van der Waals surface area contributed by atoms with Crippen molar-refractivity contribution in [1.82, 2.24) is 14.5 Å². The molecular formula is C24H28N4O2S. The lowest BCUT2D eigenvalue weighted by Gasteiger charge is -2.34. The first-order valence-electron chi connectivity index (χ1n) is 10.6. The molecule has 1 aliphatic heterocycles. The van der Waals surface area contributed by atoms with Crippen LogP contribution in [-0.2, 0) is 16.4 Å². The molecule has 2 heterocycles. The van der Waals surface area contributed by atoms with E-state index in [-0.39, 0.29) is 0 Å². The second-order valence-corrected chi connectivity index (χ2v) is 9.89. The smallest absolute Gasteiger partial charge is 0.243 e. The number of benzene rings is 2. The normalized spacial score (nSPS) is 15.3. The quantitative estimate of drug-likeness (QED) is 0.608. The number of nitrogens with zero attached hydrogens (tertiary/aromatic N) is 4. The summed E-state index contributed by atoms with van der Waals surface area (Å²) in [4.78, 5) is 2.48. The molecule has 0 saturated carbocycles. The predicted octanol–water partition coefficient (Wildman–Crippen LogP) is 3.83. The number of sulfonamides is 1. The first kappa shape index (κ1) is 21.5. The van der Waals surface area contributed by atoms with Gasteiger partial charge < -0.3 is 4.90 Å². The molecule has 31 heavy (non-hydrogen) atoms. The summed E-state index contributed by atoms with van der Waals surface area (Å²) in [5.41, 5.74) is 5.02. The number of hydrogen-bond donors (Lipinski definition) is 0. The molecule has 1 fully saturated rings. The van der Waals surface area contributed by atoms with Crippen LogP contribution in [0.15, 0.2) is 59.5 Å². The summed E-state index contributed by atoms with van der Waals surface area (Å²) in [5.74, 6) is 0.775. The molecule has 7 heteroatoms. The van der Waals surface area contributed by atoms with Crippen molar-refractivity contribution >= 4 is 15.8 Å². The van der Waals surface area contributed by atoms with Crippen LogP contribution in [0.2, 0.25) is 0 Å². The van der Waals surface area contributed by atoms with Gasteiger partial charge in [0.05, 0.1) is 10.6 Å². The second-order valence-electron chi connectivity index (χ2n) is 7.99. The molecule has 0 N–H and O–H groups in total. The molecular weight excluding hydrogens is 408 g/mol. The molecule has 2 aromatic carbocycles. The van der Waals surface area contributed by atoms with Gasteiger partial charge in [-0.2, -0.15) is 4.31 Å². The molecule has 0 radical (unpaired) electrons. The van der Waals surface area contributed by atoms with Crippen molar-refractivity contribution in [2.45, 2.75) is 32.1 Å². The molecule has 162 valence electrons. The average Bonchev–Trinajstić information content (AvgIpc) is 2.79. The minimum absolute atomic E-state index is 0.393. The highest BCUT2D eigenvalue weighted by Gasteiger charge is 2.30. The summed E-state index contributed by atoms with van der Waals surface area (Å²) in [7, 11) is -3.49. The molecule has 0 unspecified atom stereocenters. The first-order chi connectivity index (χ1) is 14.9. The van der Waals surface area contributed by atoms with E-state index in [1.54, 1.807) is 10.4 Å². The topological polar surface area (TPSA) is 66.4 Å². The number of rotatable bonds is 5. The van der Waals surface area contributed by atoms with E-state index < -0.39 is 10.0 Å². The van der Waals surface area contributed by atoms with E-state index in [9.17, 15) is 8.42 Å². The number of aromatic nitrogens is 2. The molecule has 0 spiro atoms. The fourth-order valence-electron chi connectivity index (χ4n) is 3.94. The predicted molar refractivity (Wildman–Crippen MR) is 124 cm³/mol. The Morgan fingerprint density at radius 3 is 2.16 bits per heavy atom. The van der Waals surface area contributed by atoms with E-state index in [2.05, 4.69) is 46.3 Å². The summed E-state index contributed by atoms with van der Waals surface area (Å²) < 4.78 is 27.7. The van der Waals surface area contributed by atoms with E-state index in [0.29, 0.717) is 31.1 Å². The van der Waals surface area contributed by atoms with Crippen LogP contribution in [0, 0.1) is 13.8 Å². The van der Waals surface area contributed by atoms with Crippen molar-refractivity contribution in [3.05, 3.63) is 71.3 Å². The van der Waals surface area contributed by atoms with Crippen LogP contribution in [0.3, 0.4) is 0 Å². The lowest BCUT2D eigenvalue weighted by Crippen LogP contribution is -2.49. The van der Waals surface area contributed by atoms with Gasteiger partial charge in [-0.3, -0.25) is 0 Å². The Bertz CT molecular complexity index is 1150. The molecule has 1 saturated heterocycles. The van der Waals surface area contributed by atoms with E-state index in [1.165, 1.54) is 5.56 Å². The Labute approximate surface area is 184 Å². The van der Waals surface area contributed by atoms with Crippen molar-refractivity contribution < 1.29 is 8.42 Å². The van der Waals surface area contributed by atoms with Crippen LogP contribution in [0.1, 0.15) is 23.6 Å². The molecule has 0 bridgehead atoms. The summed E-state index contributed by atoms with van der Waals surface area (Å²) >= 11 is 0. The van der Waals surface area contributed by atoms with Crippen LogP contribution in [0.4, 0.5) is 5.82 Å². The summed E-state index contributed by atoms with van der Waals surface area (Å²) in [5, 5.41) is 8.79. The molecule has 0 aliphatic carbocycles. The molecule has 3 aromatic rings. The summed E-state index contributed by atoms with van der Waals surface area (Å²) in [6, 6.07) is 17.8. The maximum atomic E-state index is 13.1. The maximum absolute atomic E-state index is 13.1. The van der Waals surface area contributed by atoms with Gasteiger partial charge in [-0.15, -0.1) is 10.2 Å². The Kier molecular flexibility index (Phi) is 6.07. The zero-order valence-electron chi connectivity index (χ0n) is 18.2. The molecule has 0 amide bonds. The third kappa shape index (κ3) is 4.48. The SMILES string of the molecule is CCc1ccc(-c2ccc(N3CCN(S(=O)(=O)c4ccc(C)cc4C)CC3)nn2)cc1. The fourth-order valence-corrected chi connectivity index (χ4v) is 5.57. The number of anilines is 1. The molecule has 1 aliphatic rings. The monoisotopic (exact) mass is 436 g/mol. The third-order valence-electron chi connectivity index (χ3n) is 5.82. The van der Waals surface area contributed by atoms with Crippen LogP contribution in [0.25, 0.3) is 11.3 Å². The van der Waals surface area contributed by atoms with Gasteiger partial charge in [0.1, 0.15) is 0 Å². The lowest BCUT2D eigenvalue weighted by atomic mass is 10.1. The minimum Gasteiger partial charge on any atom is -0.352 e. The standard InChI is InChI=1S/C24H28N4O2S/c1-4-20-6-8-21(9-7-20)22-10-12-24(26-25-22)27-13-15-28(16-14-27)31(29,30)23-11-5-18(2)17-19(23)3/h5-12,17H,4,13-16H2,1-3H3. The van der Waals surface area contributed by atoms with Crippen molar-refractivity contribution in [3.8, 4) is 11.3 Å². The van der Waals surface area contributed by atoms with Crippen LogP contribution < -0.4 is 4.90 Å². The maximum Gasteiger partial charge on any atom is 0.243 e. The largest absolute Gasteiger partial charge is 0.352 e. The molecule has 6 nitrogen and oxygen atoms in total. The van der Waals surface area contributed by atoms with Crippen LogP contribution in [-0.4, -0.2) is 49.1 Å². The third-order valence-corrected chi connectivity index (χ3v) is 7.88. The Balaban J connectivity index is 1.43. The highest BCUT2D eigenvalue weighted by molar-refractivity contribution is 7.89.